The fraction of sp³-hybridized carbons (Fsp3) is 0.0769. The highest BCUT2D eigenvalue weighted by molar-refractivity contribution is 6.30. The van der Waals surface area contributed by atoms with Crippen LogP contribution in [0.5, 0.6) is 0 Å². The molecule has 0 saturated carbocycles. The summed E-state index contributed by atoms with van der Waals surface area (Å²) in [5.41, 5.74) is 0.388. The Bertz CT molecular complexity index is 659. The molecule has 0 radical (unpaired) electrons. The van der Waals surface area contributed by atoms with Gasteiger partial charge in [-0.15, -0.1) is 10.2 Å². The molecule has 21 heavy (non-hydrogen) atoms. The molecule has 1 aromatic heterocycles. The number of carbonyl (C=O) groups excluding carboxylic acids is 1. The Kier molecular flexibility index (Phi) is 4.72. The van der Waals surface area contributed by atoms with E-state index in [1.54, 1.807) is 24.3 Å². The molecule has 2 aromatic rings. The lowest BCUT2D eigenvalue weighted by Crippen LogP contribution is -2.36. The minimum Gasteiger partial charge on any atom is -0.480 e. The molecule has 0 atom stereocenters. The number of benzene rings is 1. The SMILES string of the molecule is O=C(O)CN(C(=O)c1ccc(Cl)nn1)c1ccc(Cl)cc1. The zero-order valence-corrected chi connectivity index (χ0v) is 12.0. The molecule has 6 nitrogen and oxygen atoms in total. The number of carboxylic acids is 1. The van der Waals surface area contributed by atoms with Crippen molar-refractivity contribution in [3.05, 3.63) is 52.3 Å². The highest BCUT2D eigenvalue weighted by Gasteiger charge is 2.21. The van der Waals surface area contributed by atoms with E-state index in [0.717, 1.165) is 4.90 Å². The summed E-state index contributed by atoms with van der Waals surface area (Å²) >= 11 is 11.4. The first-order valence-corrected chi connectivity index (χ1v) is 6.51. The molecule has 8 heteroatoms. The number of aromatic nitrogens is 2. The van der Waals surface area contributed by atoms with Crippen molar-refractivity contribution in [3.8, 4) is 0 Å². The smallest absolute Gasteiger partial charge is 0.323 e. The second-order valence-corrected chi connectivity index (χ2v) is 4.83. The zero-order valence-electron chi connectivity index (χ0n) is 10.5. The van der Waals surface area contributed by atoms with Crippen molar-refractivity contribution < 1.29 is 14.7 Å². The van der Waals surface area contributed by atoms with Gasteiger partial charge in [0.15, 0.2) is 10.8 Å². The van der Waals surface area contributed by atoms with Gasteiger partial charge in [-0.3, -0.25) is 14.5 Å². The molecule has 0 bridgehead atoms. The fourth-order valence-electron chi connectivity index (χ4n) is 1.60. The van der Waals surface area contributed by atoms with E-state index >= 15 is 0 Å². The molecule has 0 saturated heterocycles. The average Bonchev–Trinajstić information content (AvgIpc) is 2.46. The number of nitrogens with zero attached hydrogens (tertiary/aromatic N) is 3. The van der Waals surface area contributed by atoms with Gasteiger partial charge >= 0.3 is 5.97 Å². The molecule has 1 aromatic carbocycles. The van der Waals surface area contributed by atoms with Crippen LogP contribution in [0.25, 0.3) is 0 Å². The first kappa shape index (κ1) is 15.2. The predicted molar refractivity (Wildman–Crippen MR) is 77.8 cm³/mol. The maximum atomic E-state index is 12.4. The zero-order chi connectivity index (χ0) is 15.4. The Morgan fingerprint density at radius 3 is 2.24 bits per heavy atom. The van der Waals surface area contributed by atoms with E-state index in [1.165, 1.54) is 12.1 Å². The second-order valence-electron chi connectivity index (χ2n) is 4.00. The van der Waals surface area contributed by atoms with Crippen LogP contribution in [0.2, 0.25) is 10.2 Å². The molecule has 108 valence electrons. The number of rotatable bonds is 4. The van der Waals surface area contributed by atoms with Gasteiger partial charge in [0.05, 0.1) is 0 Å². The van der Waals surface area contributed by atoms with Gasteiger partial charge in [-0.05, 0) is 36.4 Å². The lowest BCUT2D eigenvalue weighted by molar-refractivity contribution is -0.135. The van der Waals surface area contributed by atoms with E-state index < -0.39 is 18.4 Å². The summed E-state index contributed by atoms with van der Waals surface area (Å²) in [6.07, 6.45) is 0. The Morgan fingerprint density at radius 2 is 1.71 bits per heavy atom. The van der Waals surface area contributed by atoms with Gasteiger partial charge in [-0.2, -0.15) is 0 Å². The van der Waals surface area contributed by atoms with Crippen LogP contribution in [0.1, 0.15) is 10.5 Å². The number of halogens is 2. The highest BCUT2D eigenvalue weighted by atomic mass is 35.5. The molecule has 1 N–H and O–H groups in total. The van der Waals surface area contributed by atoms with E-state index in [-0.39, 0.29) is 10.8 Å². The number of carboxylic acid groups (broad SMARTS) is 1. The summed E-state index contributed by atoms with van der Waals surface area (Å²) in [6.45, 7) is -0.509. The number of hydrogen-bond acceptors (Lipinski definition) is 4. The molecule has 0 aliphatic carbocycles. The van der Waals surface area contributed by atoms with Crippen LogP contribution in [0.4, 0.5) is 5.69 Å². The van der Waals surface area contributed by atoms with E-state index in [4.69, 9.17) is 28.3 Å². The molecule has 0 aliphatic rings. The molecular weight excluding hydrogens is 317 g/mol. The van der Waals surface area contributed by atoms with E-state index in [2.05, 4.69) is 10.2 Å². The van der Waals surface area contributed by atoms with Crippen LogP contribution in [0.15, 0.2) is 36.4 Å². The van der Waals surface area contributed by atoms with Crippen molar-refractivity contribution in [2.24, 2.45) is 0 Å². The van der Waals surface area contributed by atoms with E-state index in [0.29, 0.717) is 10.7 Å². The summed E-state index contributed by atoms with van der Waals surface area (Å²) in [5, 5.41) is 16.8. The first-order chi connectivity index (χ1) is 9.97. The van der Waals surface area contributed by atoms with Gasteiger partial charge in [0.2, 0.25) is 0 Å². The minimum absolute atomic E-state index is 0.00407. The maximum Gasteiger partial charge on any atom is 0.323 e. The molecular formula is C13H9Cl2N3O3. The number of amides is 1. The van der Waals surface area contributed by atoms with Crippen molar-refractivity contribution >= 4 is 40.8 Å². The molecule has 1 heterocycles. The normalized spacial score (nSPS) is 10.2. The van der Waals surface area contributed by atoms with Crippen molar-refractivity contribution in [1.82, 2.24) is 10.2 Å². The lowest BCUT2D eigenvalue weighted by Gasteiger charge is -2.20. The molecule has 1 amide bonds. The van der Waals surface area contributed by atoms with Gasteiger partial charge in [0.1, 0.15) is 6.54 Å². The first-order valence-electron chi connectivity index (χ1n) is 5.76. The maximum absolute atomic E-state index is 12.4. The van der Waals surface area contributed by atoms with Gasteiger partial charge in [0.25, 0.3) is 5.91 Å². The van der Waals surface area contributed by atoms with Gasteiger partial charge < -0.3 is 5.11 Å². The largest absolute Gasteiger partial charge is 0.480 e. The predicted octanol–water partition coefficient (Wildman–Crippen LogP) is 2.51. The van der Waals surface area contributed by atoms with Crippen molar-refractivity contribution in [1.29, 1.82) is 0 Å². The number of carbonyl (C=O) groups is 2. The van der Waals surface area contributed by atoms with Gasteiger partial charge in [0, 0.05) is 10.7 Å². The number of hydrogen-bond donors (Lipinski definition) is 1. The summed E-state index contributed by atoms with van der Waals surface area (Å²) in [6, 6.07) is 9.00. The average molecular weight is 326 g/mol. The second kappa shape index (κ2) is 6.51. The monoisotopic (exact) mass is 325 g/mol. The summed E-state index contributed by atoms with van der Waals surface area (Å²) in [7, 11) is 0. The third-order valence-electron chi connectivity index (χ3n) is 2.53. The number of anilines is 1. The summed E-state index contributed by atoms with van der Waals surface area (Å²) < 4.78 is 0. The highest BCUT2D eigenvalue weighted by Crippen LogP contribution is 2.19. The molecule has 0 spiro atoms. The van der Waals surface area contributed by atoms with E-state index in [1.807, 2.05) is 0 Å². The van der Waals surface area contributed by atoms with Crippen LogP contribution in [0, 0.1) is 0 Å². The topological polar surface area (TPSA) is 83.4 Å². The Hall–Kier alpha value is -2.18. The van der Waals surface area contributed by atoms with Crippen LogP contribution in [-0.4, -0.2) is 33.7 Å². The van der Waals surface area contributed by atoms with Crippen LogP contribution in [0.3, 0.4) is 0 Å². The molecule has 0 unspecified atom stereocenters. The van der Waals surface area contributed by atoms with Crippen molar-refractivity contribution in [2.75, 3.05) is 11.4 Å². The van der Waals surface area contributed by atoms with Gasteiger partial charge in [-0.25, -0.2) is 0 Å². The third kappa shape index (κ3) is 3.90. The quantitative estimate of drug-likeness (QED) is 0.933. The Labute approximate surface area is 129 Å². The fourth-order valence-corrected chi connectivity index (χ4v) is 1.83. The van der Waals surface area contributed by atoms with Crippen LogP contribution < -0.4 is 4.90 Å². The van der Waals surface area contributed by atoms with E-state index in [9.17, 15) is 9.59 Å². The molecule has 0 fully saturated rings. The number of aliphatic carboxylic acids is 1. The Balaban J connectivity index is 2.35. The molecule has 0 aliphatic heterocycles. The standard InChI is InChI=1S/C13H9Cl2N3O3/c14-8-1-3-9(4-2-8)18(7-12(19)20)13(21)10-5-6-11(15)17-16-10/h1-6H,7H2,(H,19,20). The van der Waals surface area contributed by atoms with Crippen LogP contribution in [-0.2, 0) is 4.79 Å². The van der Waals surface area contributed by atoms with Gasteiger partial charge in [-0.1, -0.05) is 23.2 Å². The lowest BCUT2D eigenvalue weighted by atomic mass is 10.2. The molecule has 2 rings (SSSR count). The third-order valence-corrected chi connectivity index (χ3v) is 2.98. The van der Waals surface area contributed by atoms with Crippen LogP contribution >= 0.6 is 23.2 Å². The van der Waals surface area contributed by atoms with Crippen molar-refractivity contribution in [2.45, 2.75) is 0 Å². The van der Waals surface area contributed by atoms with Crippen molar-refractivity contribution in [3.63, 3.8) is 0 Å². The summed E-state index contributed by atoms with van der Waals surface area (Å²) in [4.78, 5) is 24.4. The Morgan fingerprint density at radius 1 is 1.05 bits per heavy atom. The minimum atomic E-state index is -1.15. The summed E-state index contributed by atoms with van der Waals surface area (Å²) in [5.74, 6) is -1.75.